The molecule has 0 saturated carbocycles. The van der Waals surface area contributed by atoms with Crippen molar-refractivity contribution in [3.05, 3.63) is 11.9 Å². The van der Waals surface area contributed by atoms with Gasteiger partial charge in [0.1, 0.15) is 18.0 Å². The van der Waals surface area contributed by atoms with Crippen LogP contribution in [0.3, 0.4) is 0 Å². The van der Waals surface area contributed by atoms with Crippen LogP contribution in [-0.4, -0.2) is 34.3 Å². The van der Waals surface area contributed by atoms with Gasteiger partial charge in [0.05, 0.1) is 6.10 Å². The Hall–Kier alpha value is -1.36. The first-order chi connectivity index (χ1) is 7.69. The largest absolute Gasteiger partial charge is 0.391 e. The molecule has 1 aromatic rings. The second kappa shape index (κ2) is 6.27. The van der Waals surface area contributed by atoms with Crippen molar-refractivity contribution in [3.8, 4) is 0 Å². The molecular formula is C11H20N4O. The normalized spacial score (nSPS) is 12.2. The SMILES string of the molecule is CCNc1ncnc(NCC(O)CC)c1C. The van der Waals surface area contributed by atoms with Crippen LogP contribution in [0.15, 0.2) is 6.33 Å². The molecule has 0 radical (unpaired) electrons. The van der Waals surface area contributed by atoms with Crippen LogP contribution >= 0.6 is 0 Å². The Labute approximate surface area is 96.3 Å². The van der Waals surface area contributed by atoms with Crippen LogP contribution < -0.4 is 10.6 Å². The lowest BCUT2D eigenvalue weighted by molar-refractivity contribution is 0.183. The molecule has 0 saturated heterocycles. The van der Waals surface area contributed by atoms with Gasteiger partial charge in [-0.25, -0.2) is 9.97 Å². The highest BCUT2D eigenvalue weighted by molar-refractivity contribution is 5.56. The average Bonchev–Trinajstić information content (AvgIpc) is 2.30. The van der Waals surface area contributed by atoms with Crippen molar-refractivity contribution in [2.24, 2.45) is 0 Å². The average molecular weight is 224 g/mol. The minimum atomic E-state index is -0.336. The highest BCUT2D eigenvalue weighted by Gasteiger charge is 2.07. The van der Waals surface area contributed by atoms with Gasteiger partial charge in [-0.15, -0.1) is 0 Å². The Balaban J connectivity index is 2.69. The van der Waals surface area contributed by atoms with Gasteiger partial charge in [-0.3, -0.25) is 0 Å². The van der Waals surface area contributed by atoms with Crippen LogP contribution in [0.1, 0.15) is 25.8 Å². The Bertz CT molecular complexity index is 330. The van der Waals surface area contributed by atoms with Crippen molar-refractivity contribution in [2.45, 2.75) is 33.3 Å². The molecule has 0 aliphatic carbocycles. The minimum Gasteiger partial charge on any atom is -0.391 e. The summed E-state index contributed by atoms with van der Waals surface area (Å²) in [7, 11) is 0. The molecule has 0 bridgehead atoms. The smallest absolute Gasteiger partial charge is 0.134 e. The third kappa shape index (κ3) is 3.34. The second-order valence-electron chi connectivity index (χ2n) is 3.67. The number of aliphatic hydroxyl groups excluding tert-OH is 1. The first-order valence-corrected chi connectivity index (χ1v) is 5.66. The van der Waals surface area contributed by atoms with E-state index < -0.39 is 0 Å². The maximum atomic E-state index is 9.46. The molecule has 0 aliphatic heterocycles. The Morgan fingerprint density at radius 1 is 1.25 bits per heavy atom. The van der Waals surface area contributed by atoms with Crippen LogP contribution in [0.25, 0.3) is 0 Å². The second-order valence-corrected chi connectivity index (χ2v) is 3.67. The fraction of sp³-hybridized carbons (Fsp3) is 0.636. The van der Waals surface area contributed by atoms with Crippen molar-refractivity contribution in [1.29, 1.82) is 0 Å². The molecule has 3 N–H and O–H groups in total. The summed E-state index contributed by atoms with van der Waals surface area (Å²) in [5.41, 5.74) is 0.979. The zero-order chi connectivity index (χ0) is 12.0. The summed E-state index contributed by atoms with van der Waals surface area (Å²) in [5.74, 6) is 1.62. The van der Waals surface area contributed by atoms with Gasteiger partial charge < -0.3 is 15.7 Å². The molecule has 0 amide bonds. The third-order valence-electron chi connectivity index (χ3n) is 2.40. The molecular weight excluding hydrogens is 204 g/mol. The maximum absolute atomic E-state index is 9.46. The molecule has 1 heterocycles. The van der Waals surface area contributed by atoms with Gasteiger partial charge in [0, 0.05) is 18.7 Å². The van der Waals surface area contributed by atoms with E-state index in [9.17, 15) is 5.11 Å². The zero-order valence-electron chi connectivity index (χ0n) is 10.1. The highest BCUT2D eigenvalue weighted by Crippen LogP contribution is 2.17. The summed E-state index contributed by atoms with van der Waals surface area (Å²) >= 11 is 0. The molecule has 90 valence electrons. The molecule has 5 nitrogen and oxygen atoms in total. The Morgan fingerprint density at radius 3 is 2.44 bits per heavy atom. The molecule has 1 unspecified atom stereocenters. The molecule has 16 heavy (non-hydrogen) atoms. The van der Waals surface area contributed by atoms with Crippen LogP contribution in [0.4, 0.5) is 11.6 Å². The van der Waals surface area contributed by atoms with Crippen LogP contribution in [-0.2, 0) is 0 Å². The standard InChI is InChI=1S/C11H20N4O/c1-4-9(16)6-13-11-8(3)10(12-5-2)14-7-15-11/h7,9,16H,4-6H2,1-3H3,(H2,12,13,14,15). The van der Waals surface area contributed by atoms with E-state index in [4.69, 9.17) is 0 Å². The summed E-state index contributed by atoms with van der Waals surface area (Å²) in [6.45, 7) is 7.27. The fourth-order valence-corrected chi connectivity index (χ4v) is 1.33. The van der Waals surface area contributed by atoms with E-state index in [1.807, 2.05) is 20.8 Å². The van der Waals surface area contributed by atoms with Gasteiger partial charge in [-0.2, -0.15) is 0 Å². The quantitative estimate of drug-likeness (QED) is 0.681. The first-order valence-electron chi connectivity index (χ1n) is 5.66. The molecule has 1 aromatic heterocycles. The minimum absolute atomic E-state index is 0.336. The van der Waals surface area contributed by atoms with E-state index in [1.54, 1.807) is 0 Å². The lowest BCUT2D eigenvalue weighted by Crippen LogP contribution is -2.19. The monoisotopic (exact) mass is 224 g/mol. The number of rotatable bonds is 6. The molecule has 0 aromatic carbocycles. The lowest BCUT2D eigenvalue weighted by Gasteiger charge is -2.13. The number of hydrogen-bond acceptors (Lipinski definition) is 5. The Kier molecular flexibility index (Phi) is 4.98. The van der Waals surface area contributed by atoms with Gasteiger partial charge >= 0.3 is 0 Å². The maximum Gasteiger partial charge on any atom is 0.134 e. The summed E-state index contributed by atoms with van der Waals surface area (Å²) in [6.07, 6.45) is 1.92. The van der Waals surface area contributed by atoms with E-state index in [2.05, 4.69) is 20.6 Å². The fourth-order valence-electron chi connectivity index (χ4n) is 1.33. The van der Waals surface area contributed by atoms with E-state index in [-0.39, 0.29) is 6.10 Å². The van der Waals surface area contributed by atoms with Gasteiger partial charge in [0.2, 0.25) is 0 Å². The summed E-state index contributed by atoms with van der Waals surface area (Å²) < 4.78 is 0. The van der Waals surface area contributed by atoms with Crippen LogP contribution in [0.2, 0.25) is 0 Å². The summed E-state index contributed by atoms with van der Waals surface area (Å²) in [4.78, 5) is 8.31. The van der Waals surface area contributed by atoms with E-state index in [1.165, 1.54) is 6.33 Å². The summed E-state index contributed by atoms with van der Waals surface area (Å²) in [5, 5.41) is 15.7. The number of anilines is 2. The molecule has 5 heteroatoms. The molecule has 0 aliphatic rings. The highest BCUT2D eigenvalue weighted by atomic mass is 16.3. The third-order valence-corrected chi connectivity index (χ3v) is 2.40. The van der Waals surface area contributed by atoms with Gasteiger partial charge in [0.25, 0.3) is 0 Å². The van der Waals surface area contributed by atoms with E-state index in [0.717, 1.165) is 30.2 Å². The zero-order valence-corrected chi connectivity index (χ0v) is 10.1. The van der Waals surface area contributed by atoms with Gasteiger partial charge in [0.15, 0.2) is 0 Å². The van der Waals surface area contributed by atoms with Crippen molar-refractivity contribution in [2.75, 3.05) is 23.7 Å². The predicted octanol–water partition coefficient (Wildman–Crippen LogP) is 1.40. The first kappa shape index (κ1) is 12.7. The number of aliphatic hydroxyl groups is 1. The topological polar surface area (TPSA) is 70.1 Å². The molecule has 0 spiro atoms. The van der Waals surface area contributed by atoms with Crippen LogP contribution in [0, 0.1) is 6.92 Å². The van der Waals surface area contributed by atoms with E-state index in [0.29, 0.717) is 6.54 Å². The number of hydrogen-bond donors (Lipinski definition) is 3. The lowest BCUT2D eigenvalue weighted by atomic mass is 10.2. The predicted molar refractivity (Wildman–Crippen MR) is 65.7 cm³/mol. The Morgan fingerprint density at radius 2 is 1.88 bits per heavy atom. The van der Waals surface area contributed by atoms with Gasteiger partial charge in [-0.05, 0) is 20.3 Å². The van der Waals surface area contributed by atoms with Crippen molar-refractivity contribution in [1.82, 2.24) is 9.97 Å². The molecule has 1 atom stereocenters. The van der Waals surface area contributed by atoms with Crippen molar-refractivity contribution < 1.29 is 5.11 Å². The van der Waals surface area contributed by atoms with E-state index >= 15 is 0 Å². The van der Waals surface area contributed by atoms with Gasteiger partial charge in [-0.1, -0.05) is 6.92 Å². The molecule has 1 rings (SSSR count). The number of aromatic nitrogens is 2. The van der Waals surface area contributed by atoms with Crippen LogP contribution in [0.5, 0.6) is 0 Å². The van der Waals surface area contributed by atoms with Crippen molar-refractivity contribution in [3.63, 3.8) is 0 Å². The van der Waals surface area contributed by atoms with Crippen molar-refractivity contribution >= 4 is 11.6 Å². The molecule has 0 fully saturated rings. The number of nitrogens with one attached hydrogen (secondary N) is 2. The number of nitrogens with zero attached hydrogens (tertiary/aromatic N) is 2. The summed E-state index contributed by atoms with van der Waals surface area (Å²) in [6, 6.07) is 0.